The summed E-state index contributed by atoms with van der Waals surface area (Å²) in [5.41, 5.74) is 7.44. The van der Waals surface area contributed by atoms with Gasteiger partial charge < -0.3 is 5.73 Å². The summed E-state index contributed by atoms with van der Waals surface area (Å²) in [7, 11) is 0. The van der Waals surface area contributed by atoms with Crippen LogP contribution in [0, 0.1) is 27.6 Å². The van der Waals surface area contributed by atoms with Crippen LogP contribution in [0.15, 0.2) is 0 Å². The quantitative estimate of drug-likeness (QED) is 0.825. The lowest BCUT2D eigenvalue weighted by Crippen LogP contribution is -2.59. The van der Waals surface area contributed by atoms with E-state index in [0.717, 1.165) is 6.42 Å². The van der Waals surface area contributed by atoms with Gasteiger partial charge >= 0.3 is 0 Å². The monoisotopic (exact) mass is 263 g/mol. The van der Waals surface area contributed by atoms with Crippen LogP contribution in [-0.2, 0) is 4.79 Å². The van der Waals surface area contributed by atoms with E-state index in [1.807, 2.05) is 6.92 Å². The molecule has 1 unspecified atom stereocenters. The number of carbonyl (C=O) groups is 1. The molecule has 1 atom stereocenters. The van der Waals surface area contributed by atoms with Crippen molar-refractivity contribution < 1.29 is 4.79 Å². The van der Waals surface area contributed by atoms with Crippen molar-refractivity contribution in [2.75, 3.05) is 0 Å². The Hall–Kier alpha value is -0.530. The minimum absolute atomic E-state index is 0.0343. The molecule has 0 aromatic rings. The second-order valence-corrected chi connectivity index (χ2v) is 9.50. The van der Waals surface area contributed by atoms with Crippen molar-refractivity contribution in [1.82, 2.24) is 0 Å². The average molecular weight is 263 g/mol. The third-order valence-corrected chi connectivity index (χ3v) is 6.19. The molecule has 19 heavy (non-hydrogen) atoms. The first-order valence-electron chi connectivity index (χ1n) is 7.86. The van der Waals surface area contributed by atoms with E-state index in [2.05, 4.69) is 20.8 Å². The fraction of sp³-hybridized carbons (Fsp3) is 0.941. The SMILES string of the molecule is CC(CC12CC3(C)CC(C)(CC(C)(C3)C1)C2)C(N)=O. The second kappa shape index (κ2) is 3.56. The van der Waals surface area contributed by atoms with E-state index in [1.54, 1.807) is 0 Å². The number of amides is 1. The minimum atomic E-state index is -0.115. The third-order valence-electron chi connectivity index (χ3n) is 6.19. The number of carbonyl (C=O) groups excluding carboxylic acids is 1. The molecule has 4 rings (SSSR count). The van der Waals surface area contributed by atoms with E-state index in [0.29, 0.717) is 21.7 Å². The molecule has 0 aromatic carbocycles. The number of primary amides is 1. The minimum Gasteiger partial charge on any atom is -0.369 e. The van der Waals surface area contributed by atoms with Gasteiger partial charge in [0.15, 0.2) is 0 Å². The molecule has 0 aromatic heterocycles. The summed E-state index contributed by atoms with van der Waals surface area (Å²) in [4.78, 5) is 11.5. The Morgan fingerprint density at radius 2 is 1.32 bits per heavy atom. The standard InChI is InChI=1S/C17H29NO/c1-12(13(18)19)5-17-9-14(2)6-15(3,10-17)8-16(4,7-14)11-17/h12H,5-11H2,1-4H3,(H2,18,19). The normalized spacial score (nSPS) is 53.3. The first-order chi connectivity index (χ1) is 8.57. The summed E-state index contributed by atoms with van der Waals surface area (Å²) >= 11 is 0. The molecule has 0 spiro atoms. The molecule has 4 fully saturated rings. The van der Waals surface area contributed by atoms with Crippen LogP contribution < -0.4 is 5.73 Å². The van der Waals surface area contributed by atoms with E-state index in [1.165, 1.54) is 38.5 Å². The number of hydrogen-bond acceptors (Lipinski definition) is 1. The van der Waals surface area contributed by atoms with Gasteiger partial charge in [0.1, 0.15) is 0 Å². The van der Waals surface area contributed by atoms with Crippen molar-refractivity contribution in [2.24, 2.45) is 33.3 Å². The Balaban J connectivity index is 1.93. The van der Waals surface area contributed by atoms with Crippen LogP contribution >= 0.6 is 0 Å². The smallest absolute Gasteiger partial charge is 0.220 e. The van der Waals surface area contributed by atoms with Crippen molar-refractivity contribution in [3.05, 3.63) is 0 Å². The van der Waals surface area contributed by atoms with Crippen molar-refractivity contribution in [1.29, 1.82) is 0 Å². The fourth-order valence-electron chi connectivity index (χ4n) is 7.52. The molecular formula is C17H29NO. The van der Waals surface area contributed by atoms with Crippen LogP contribution in [0.3, 0.4) is 0 Å². The van der Waals surface area contributed by atoms with Gasteiger partial charge in [-0.1, -0.05) is 27.7 Å². The summed E-state index contributed by atoms with van der Waals surface area (Å²) in [5.74, 6) is -0.0803. The zero-order valence-electron chi connectivity index (χ0n) is 13.0. The van der Waals surface area contributed by atoms with Gasteiger partial charge in [-0.05, 0) is 66.6 Å². The number of rotatable bonds is 3. The first-order valence-corrected chi connectivity index (χ1v) is 7.86. The van der Waals surface area contributed by atoms with Gasteiger partial charge in [0, 0.05) is 5.92 Å². The maximum atomic E-state index is 11.5. The van der Waals surface area contributed by atoms with Crippen LogP contribution in [0.4, 0.5) is 0 Å². The van der Waals surface area contributed by atoms with Gasteiger partial charge in [-0.25, -0.2) is 0 Å². The highest BCUT2D eigenvalue weighted by Gasteiger charge is 2.63. The molecule has 0 saturated heterocycles. The number of hydrogen-bond donors (Lipinski definition) is 1. The zero-order chi connectivity index (χ0) is 14.1. The molecule has 2 nitrogen and oxygen atoms in total. The predicted octanol–water partition coefficient (Wildman–Crippen LogP) is 3.88. The Morgan fingerprint density at radius 1 is 0.947 bits per heavy atom. The lowest BCUT2D eigenvalue weighted by molar-refractivity contribution is -0.189. The van der Waals surface area contributed by atoms with Gasteiger partial charge in [-0.3, -0.25) is 4.79 Å². The molecule has 4 aliphatic rings. The molecule has 0 radical (unpaired) electrons. The van der Waals surface area contributed by atoms with E-state index < -0.39 is 0 Å². The highest BCUT2D eigenvalue weighted by molar-refractivity contribution is 5.76. The Kier molecular flexibility index (Phi) is 2.52. The summed E-state index contributed by atoms with van der Waals surface area (Å²) in [6, 6.07) is 0. The molecule has 1 amide bonds. The zero-order valence-corrected chi connectivity index (χ0v) is 13.0. The molecule has 4 saturated carbocycles. The molecule has 4 bridgehead atoms. The van der Waals surface area contributed by atoms with Crippen molar-refractivity contribution >= 4 is 5.91 Å². The lowest BCUT2D eigenvalue weighted by Gasteiger charge is -2.69. The van der Waals surface area contributed by atoms with Crippen LogP contribution in [0.1, 0.15) is 72.6 Å². The largest absolute Gasteiger partial charge is 0.369 e. The maximum absolute atomic E-state index is 11.5. The van der Waals surface area contributed by atoms with Gasteiger partial charge in [-0.15, -0.1) is 0 Å². The summed E-state index contributed by atoms with van der Waals surface area (Å²) < 4.78 is 0. The summed E-state index contributed by atoms with van der Waals surface area (Å²) in [5, 5.41) is 0. The van der Waals surface area contributed by atoms with Crippen LogP contribution in [0.2, 0.25) is 0 Å². The fourth-order valence-corrected chi connectivity index (χ4v) is 7.52. The second-order valence-electron chi connectivity index (χ2n) is 9.50. The first kappa shape index (κ1) is 13.5. The Morgan fingerprint density at radius 3 is 1.63 bits per heavy atom. The number of nitrogens with two attached hydrogens (primary N) is 1. The van der Waals surface area contributed by atoms with E-state index in [9.17, 15) is 4.79 Å². The third kappa shape index (κ3) is 2.11. The molecule has 2 heteroatoms. The molecule has 108 valence electrons. The van der Waals surface area contributed by atoms with Crippen molar-refractivity contribution in [3.8, 4) is 0 Å². The highest BCUT2D eigenvalue weighted by Crippen LogP contribution is 2.74. The summed E-state index contributed by atoms with van der Waals surface area (Å²) in [6.07, 6.45) is 9.16. The van der Waals surface area contributed by atoms with Crippen LogP contribution in [-0.4, -0.2) is 5.91 Å². The molecule has 4 aliphatic carbocycles. The highest BCUT2D eigenvalue weighted by atomic mass is 16.1. The summed E-state index contributed by atoms with van der Waals surface area (Å²) in [6.45, 7) is 9.49. The topological polar surface area (TPSA) is 43.1 Å². The Labute approximate surface area is 117 Å². The van der Waals surface area contributed by atoms with Gasteiger partial charge in [0.2, 0.25) is 5.91 Å². The molecule has 0 aliphatic heterocycles. The lowest BCUT2D eigenvalue weighted by atomic mass is 9.35. The van der Waals surface area contributed by atoms with Gasteiger partial charge in [0.05, 0.1) is 0 Å². The predicted molar refractivity (Wildman–Crippen MR) is 77.4 cm³/mol. The van der Waals surface area contributed by atoms with Crippen LogP contribution in [0.5, 0.6) is 0 Å². The molecule has 0 heterocycles. The molecule has 2 N–H and O–H groups in total. The average Bonchev–Trinajstić information content (AvgIpc) is 2.07. The molecular weight excluding hydrogens is 234 g/mol. The van der Waals surface area contributed by atoms with Crippen molar-refractivity contribution in [2.45, 2.75) is 72.6 Å². The van der Waals surface area contributed by atoms with E-state index >= 15 is 0 Å². The maximum Gasteiger partial charge on any atom is 0.220 e. The van der Waals surface area contributed by atoms with E-state index in [4.69, 9.17) is 5.73 Å². The van der Waals surface area contributed by atoms with E-state index in [-0.39, 0.29) is 11.8 Å². The van der Waals surface area contributed by atoms with Crippen molar-refractivity contribution in [3.63, 3.8) is 0 Å². The van der Waals surface area contributed by atoms with Gasteiger partial charge in [0.25, 0.3) is 0 Å². The van der Waals surface area contributed by atoms with Gasteiger partial charge in [-0.2, -0.15) is 0 Å². The van der Waals surface area contributed by atoms with Crippen LogP contribution in [0.25, 0.3) is 0 Å². The Bertz CT molecular complexity index is 373.